The molecule has 1 fully saturated rings. The maximum atomic E-state index is 12.0. The number of halogens is 3. The molecule has 10 heteroatoms. The van der Waals surface area contributed by atoms with Crippen LogP contribution in [0.4, 0.5) is 13.2 Å². The van der Waals surface area contributed by atoms with Crippen LogP contribution in [0.5, 0.6) is 0 Å². The van der Waals surface area contributed by atoms with Gasteiger partial charge in [0.05, 0.1) is 11.8 Å². The second kappa shape index (κ2) is 9.50. The average molecular weight is 349 g/mol. The van der Waals surface area contributed by atoms with Crippen LogP contribution in [-0.2, 0) is 13.9 Å². The predicted octanol–water partition coefficient (Wildman–Crippen LogP) is 2.76. The molecule has 1 atom stereocenters. The molecular formula is C12H23F3NO5P. The standard InChI is InChI=1S/C10H22NO3P.C2HF3O2/c1-3-10(4-2)15(12,13)14-9-5-7-11-8-6-9;3-2(4,5)1(6)7/h9-11H,3-8H2,1-2H3,(H,12,13);(H,6,7). The Kier molecular flexibility index (Phi) is 9.22. The molecule has 132 valence electrons. The third kappa shape index (κ3) is 8.12. The first-order valence-corrected chi connectivity index (χ1v) is 8.70. The van der Waals surface area contributed by atoms with Gasteiger partial charge in [-0.05, 0) is 38.8 Å². The van der Waals surface area contributed by atoms with Gasteiger partial charge in [0.2, 0.25) is 0 Å². The zero-order valence-electron chi connectivity index (χ0n) is 12.6. The minimum Gasteiger partial charge on any atom is -0.475 e. The van der Waals surface area contributed by atoms with E-state index in [2.05, 4.69) is 5.32 Å². The maximum absolute atomic E-state index is 12.0. The lowest BCUT2D eigenvalue weighted by Crippen LogP contribution is -2.32. The molecule has 1 rings (SSSR count). The van der Waals surface area contributed by atoms with Gasteiger partial charge in [0, 0.05) is 0 Å². The number of rotatable bonds is 5. The molecule has 0 aliphatic carbocycles. The van der Waals surface area contributed by atoms with E-state index in [0.717, 1.165) is 25.9 Å². The molecule has 0 aromatic carbocycles. The molecule has 1 aliphatic rings. The normalized spacial score (nSPS) is 19.2. The summed E-state index contributed by atoms with van der Waals surface area (Å²) >= 11 is 0. The number of carbonyl (C=O) groups is 1. The zero-order chi connectivity index (χ0) is 17.4. The largest absolute Gasteiger partial charge is 0.490 e. The predicted molar refractivity (Wildman–Crippen MR) is 74.9 cm³/mol. The summed E-state index contributed by atoms with van der Waals surface area (Å²) in [5, 5.41) is 10.3. The van der Waals surface area contributed by atoms with Crippen molar-refractivity contribution in [1.29, 1.82) is 0 Å². The quantitative estimate of drug-likeness (QED) is 0.661. The van der Waals surface area contributed by atoms with Gasteiger partial charge < -0.3 is 19.8 Å². The van der Waals surface area contributed by atoms with Crippen molar-refractivity contribution in [3.05, 3.63) is 0 Å². The van der Waals surface area contributed by atoms with Gasteiger partial charge in [-0.25, -0.2) is 4.79 Å². The molecule has 1 saturated heterocycles. The summed E-state index contributed by atoms with van der Waals surface area (Å²) in [5.41, 5.74) is -0.201. The molecule has 0 aromatic rings. The summed E-state index contributed by atoms with van der Waals surface area (Å²) in [4.78, 5) is 18.7. The summed E-state index contributed by atoms with van der Waals surface area (Å²) in [6, 6.07) is 0. The molecule has 0 amide bonds. The first-order valence-electron chi connectivity index (χ1n) is 7.06. The number of carboxylic acids is 1. The van der Waals surface area contributed by atoms with Crippen LogP contribution in [0.1, 0.15) is 39.5 Å². The first kappa shape index (κ1) is 21.4. The fraction of sp³-hybridized carbons (Fsp3) is 0.917. The summed E-state index contributed by atoms with van der Waals surface area (Å²) in [5.74, 6) is -2.76. The molecule has 6 nitrogen and oxygen atoms in total. The van der Waals surface area contributed by atoms with Crippen molar-refractivity contribution < 1.29 is 37.1 Å². The van der Waals surface area contributed by atoms with Gasteiger partial charge in [0.25, 0.3) is 0 Å². The van der Waals surface area contributed by atoms with E-state index in [0.29, 0.717) is 12.8 Å². The van der Waals surface area contributed by atoms with E-state index in [4.69, 9.17) is 14.4 Å². The van der Waals surface area contributed by atoms with E-state index >= 15 is 0 Å². The molecule has 1 heterocycles. The van der Waals surface area contributed by atoms with E-state index in [1.165, 1.54) is 0 Å². The monoisotopic (exact) mass is 349 g/mol. The Morgan fingerprint density at radius 3 is 2.05 bits per heavy atom. The highest BCUT2D eigenvalue weighted by Gasteiger charge is 2.38. The van der Waals surface area contributed by atoms with Crippen molar-refractivity contribution in [2.24, 2.45) is 0 Å². The molecule has 3 N–H and O–H groups in total. The Morgan fingerprint density at radius 2 is 1.73 bits per heavy atom. The minimum absolute atomic E-state index is 0.0392. The molecular weight excluding hydrogens is 326 g/mol. The van der Waals surface area contributed by atoms with Gasteiger partial charge >= 0.3 is 19.7 Å². The topological polar surface area (TPSA) is 95.9 Å². The average Bonchev–Trinajstić information content (AvgIpc) is 2.39. The van der Waals surface area contributed by atoms with Crippen molar-refractivity contribution in [2.45, 2.75) is 57.5 Å². The van der Waals surface area contributed by atoms with Crippen LogP contribution < -0.4 is 5.32 Å². The molecule has 0 aromatic heterocycles. The van der Waals surface area contributed by atoms with Crippen LogP contribution in [0.15, 0.2) is 0 Å². The smallest absolute Gasteiger partial charge is 0.475 e. The molecule has 1 aliphatic heterocycles. The van der Waals surface area contributed by atoms with E-state index in [1.54, 1.807) is 0 Å². The van der Waals surface area contributed by atoms with Gasteiger partial charge in [0.1, 0.15) is 0 Å². The second-order valence-corrected chi connectivity index (χ2v) is 6.96. The van der Waals surface area contributed by atoms with E-state index in [1.807, 2.05) is 13.8 Å². The number of nitrogens with one attached hydrogen (secondary N) is 1. The number of alkyl halides is 3. The van der Waals surface area contributed by atoms with Gasteiger partial charge in [0.15, 0.2) is 0 Å². The van der Waals surface area contributed by atoms with Gasteiger partial charge in [-0.1, -0.05) is 13.8 Å². The van der Waals surface area contributed by atoms with E-state index in [-0.39, 0.29) is 11.8 Å². The Hall–Kier alpha value is -0.630. The molecule has 0 radical (unpaired) electrons. The molecule has 0 saturated carbocycles. The fourth-order valence-electron chi connectivity index (χ4n) is 1.95. The molecule has 22 heavy (non-hydrogen) atoms. The van der Waals surface area contributed by atoms with Crippen LogP contribution in [0.25, 0.3) is 0 Å². The minimum atomic E-state index is -5.08. The number of hydrogen-bond donors (Lipinski definition) is 3. The highest BCUT2D eigenvalue weighted by atomic mass is 31.2. The van der Waals surface area contributed by atoms with Crippen molar-refractivity contribution in [1.82, 2.24) is 5.32 Å². The number of piperidine rings is 1. The summed E-state index contributed by atoms with van der Waals surface area (Å²) in [6.07, 6.45) is -2.04. The van der Waals surface area contributed by atoms with Crippen molar-refractivity contribution >= 4 is 13.6 Å². The maximum Gasteiger partial charge on any atom is 0.490 e. The number of hydrogen-bond acceptors (Lipinski definition) is 4. The SMILES string of the molecule is CCC(CC)P(=O)(O)OC1CCNCC1.O=C(O)C(F)(F)F. The summed E-state index contributed by atoms with van der Waals surface area (Å²) in [6.45, 7) is 5.63. The zero-order valence-corrected chi connectivity index (χ0v) is 13.5. The van der Waals surface area contributed by atoms with E-state index < -0.39 is 19.7 Å². The highest BCUT2D eigenvalue weighted by Crippen LogP contribution is 2.52. The lowest BCUT2D eigenvalue weighted by Gasteiger charge is -2.28. The summed E-state index contributed by atoms with van der Waals surface area (Å²) < 4.78 is 49.1. The van der Waals surface area contributed by atoms with E-state index in [9.17, 15) is 22.6 Å². The van der Waals surface area contributed by atoms with Crippen LogP contribution >= 0.6 is 7.60 Å². The Balaban J connectivity index is 0.000000534. The van der Waals surface area contributed by atoms with Crippen LogP contribution in [0.2, 0.25) is 0 Å². The third-order valence-electron chi connectivity index (χ3n) is 3.23. The third-order valence-corrected chi connectivity index (χ3v) is 5.49. The van der Waals surface area contributed by atoms with Gasteiger partial charge in [-0.2, -0.15) is 13.2 Å². The van der Waals surface area contributed by atoms with Crippen molar-refractivity contribution in [2.75, 3.05) is 13.1 Å². The summed E-state index contributed by atoms with van der Waals surface area (Å²) in [7, 11) is -3.40. The number of carboxylic acid groups (broad SMARTS) is 1. The molecule has 0 bridgehead atoms. The van der Waals surface area contributed by atoms with Crippen LogP contribution in [0.3, 0.4) is 0 Å². The Labute approximate surface area is 127 Å². The first-order chi connectivity index (χ1) is 10.0. The van der Waals surface area contributed by atoms with Gasteiger partial charge in [-0.3, -0.25) is 4.57 Å². The van der Waals surface area contributed by atoms with Crippen LogP contribution in [-0.4, -0.2) is 47.0 Å². The molecule has 1 unspecified atom stereocenters. The van der Waals surface area contributed by atoms with Crippen LogP contribution in [0, 0.1) is 0 Å². The Bertz CT molecular complexity index is 381. The van der Waals surface area contributed by atoms with Crippen molar-refractivity contribution in [3.8, 4) is 0 Å². The second-order valence-electron chi connectivity index (χ2n) is 4.89. The fourth-order valence-corrected chi connectivity index (χ4v) is 3.68. The highest BCUT2D eigenvalue weighted by molar-refractivity contribution is 7.53. The lowest BCUT2D eigenvalue weighted by molar-refractivity contribution is -0.192. The Morgan fingerprint density at radius 1 is 1.32 bits per heavy atom. The van der Waals surface area contributed by atoms with Gasteiger partial charge in [-0.15, -0.1) is 0 Å². The lowest BCUT2D eigenvalue weighted by atomic mass is 10.1. The molecule has 0 spiro atoms. The van der Waals surface area contributed by atoms with Crippen molar-refractivity contribution in [3.63, 3.8) is 0 Å². The number of aliphatic carboxylic acids is 1.